The molecule has 0 saturated heterocycles. The second-order valence-corrected chi connectivity index (χ2v) is 4.61. The lowest BCUT2D eigenvalue weighted by atomic mass is 9.84. The van der Waals surface area contributed by atoms with E-state index < -0.39 is 0 Å². The first-order chi connectivity index (χ1) is 9.10. The van der Waals surface area contributed by atoms with Crippen molar-refractivity contribution in [3.8, 4) is 0 Å². The van der Waals surface area contributed by atoms with Crippen LogP contribution in [0.2, 0.25) is 0 Å². The molecule has 1 saturated carbocycles. The van der Waals surface area contributed by atoms with E-state index in [1.54, 1.807) is 18.2 Å². The highest BCUT2D eigenvalue weighted by Crippen LogP contribution is 2.27. The van der Waals surface area contributed by atoms with Crippen LogP contribution in [0.15, 0.2) is 29.8 Å². The highest BCUT2D eigenvalue weighted by molar-refractivity contribution is 6.02. The number of benzene rings is 1. The van der Waals surface area contributed by atoms with Crippen molar-refractivity contribution < 1.29 is 18.7 Å². The molecule has 1 fully saturated rings. The lowest BCUT2D eigenvalue weighted by molar-refractivity contribution is -0.147. The van der Waals surface area contributed by atoms with Gasteiger partial charge in [0.1, 0.15) is 5.82 Å². The van der Waals surface area contributed by atoms with Crippen LogP contribution in [0.3, 0.4) is 0 Å². The van der Waals surface area contributed by atoms with Gasteiger partial charge in [0.05, 0.1) is 13.0 Å². The van der Waals surface area contributed by atoms with Crippen molar-refractivity contribution in [1.82, 2.24) is 0 Å². The lowest BCUT2D eigenvalue weighted by Crippen LogP contribution is -2.25. The van der Waals surface area contributed by atoms with Crippen molar-refractivity contribution in [2.45, 2.75) is 19.3 Å². The molecule has 1 aliphatic rings. The molecular weight excluding hydrogens is 247 g/mol. The number of esters is 1. The van der Waals surface area contributed by atoms with Gasteiger partial charge in [0.15, 0.2) is 5.78 Å². The van der Waals surface area contributed by atoms with Gasteiger partial charge in [-0.3, -0.25) is 9.59 Å². The largest absolute Gasteiger partial charge is 0.469 e. The van der Waals surface area contributed by atoms with Crippen LogP contribution >= 0.6 is 0 Å². The molecule has 0 aromatic heterocycles. The summed E-state index contributed by atoms with van der Waals surface area (Å²) in [4.78, 5) is 23.3. The Bertz CT molecular complexity index is 517. The highest BCUT2D eigenvalue weighted by atomic mass is 19.1. The SMILES string of the molecule is COC(=O)C1CC/C(=C\c2ccc(F)cc2)C(=O)C1. The monoisotopic (exact) mass is 262 g/mol. The predicted molar refractivity (Wildman–Crippen MR) is 68.7 cm³/mol. The van der Waals surface area contributed by atoms with E-state index in [9.17, 15) is 14.0 Å². The van der Waals surface area contributed by atoms with E-state index in [1.165, 1.54) is 19.2 Å². The second kappa shape index (κ2) is 5.78. The van der Waals surface area contributed by atoms with Gasteiger partial charge in [-0.1, -0.05) is 12.1 Å². The molecule has 0 bridgehead atoms. The molecule has 2 rings (SSSR count). The van der Waals surface area contributed by atoms with E-state index in [1.807, 2.05) is 0 Å². The zero-order chi connectivity index (χ0) is 13.8. The van der Waals surface area contributed by atoms with Gasteiger partial charge in [0.2, 0.25) is 0 Å². The molecule has 1 aromatic carbocycles. The van der Waals surface area contributed by atoms with Crippen LogP contribution in [0.1, 0.15) is 24.8 Å². The number of halogens is 1. The van der Waals surface area contributed by atoms with Gasteiger partial charge in [-0.25, -0.2) is 4.39 Å². The Morgan fingerprint density at radius 3 is 2.63 bits per heavy atom. The van der Waals surface area contributed by atoms with Crippen LogP contribution in [-0.2, 0) is 14.3 Å². The summed E-state index contributed by atoms with van der Waals surface area (Å²) < 4.78 is 17.4. The molecule has 0 aliphatic heterocycles. The number of Topliss-reactive ketones (excluding diaryl/α,β-unsaturated/α-hetero) is 1. The summed E-state index contributed by atoms with van der Waals surface area (Å²) in [5.74, 6) is -0.995. The van der Waals surface area contributed by atoms with E-state index in [-0.39, 0.29) is 29.9 Å². The third-order valence-electron chi connectivity index (χ3n) is 3.30. The van der Waals surface area contributed by atoms with Gasteiger partial charge < -0.3 is 4.74 Å². The topological polar surface area (TPSA) is 43.4 Å². The van der Waals surface area contributed by atoms with Gasteiger partial charge in [0.25, 0.3) is 0 Å². The molecule has 0 N–H and O–H groups in total. The lowest BCUT2D eigenvalue weighted by Gasteiger charge is -2.20. The number of methoxy groups -OCH3 is 1. The van der Waals surface area contributed by atoms with E-state index in [0.29, 0.717) is 18.4 Å². The van der Waals surface area contributed by atoms with Crippen LogP contribution in [0.25, 0.3) is 6.08 Å². The molecule has 1 unspecified atom stereocenters. The molecule has 19 heavy (non-hydrogen) atoms. The van der Waals surface area contributed by atoms with E-state index in [0.717, 1.165) is 5.56 Å². The quantitative estimate of drug-likeness (QED) is 0.608. The Morgan fingerprint density at radius 2 is 2.05 bits per heavy atom. The van der Waals surface area contributed by atoms with Crippen molar-refractivity contribution in [3.63, 3.8) is 0 Å². The Morgan fingerprint density at radius 1 is 1.37 bits per heavy atom. The molecule has 100 valence electrons. The molecule has 1 aromatic rings. The molecule has 1 atom stereocenters. The average Bonchev–Trinajstić information content (AvgIpc) is 2.42. The standard InChI is InChI=1S/C15H15FO3/c1-19-15(18)12-5-4-11(14(17)9-12)8-10-2-6-13(16)7-3-10/h2-3,6-8,12H,4-5,9H2,1H3/b11-8+. The van der Waals surface area contributed by atoms with Crippen molar-refractivity contribution in [1.29, 1.82) is 0 Å². The number of hydrogen-bond donors (Lipinski definition) is 0. The molecule has 0 amide bonds. The fraction of sp³-hybridized carbons (Fsp3) is 0.333. The van der Waals surface area contributed by atoms with Crippen LogP contribution in [0, 0.1) is 11.7 Å². The zero-order valence-corrected chi connectivity index (χ0v) is 10.7. The Labute approximate surface area is 111 Å². The third-order valence-corrected chi connectivity index (χ3v) is 3.30. The Kier molecular flexibility index (Phi) is 4.10. The number of ether oxygens (including phenoxy) is 1. The minimum atomic E-state index is -0.331. The van der Waals surface area contributed by atoms with Crippen molar-refractivity contribution in [2.24, 2.45) is 5.92 Å². The number of carbonyl (C=O) groups excluding carboxylic acids is 2. The summed E-state index contributed by atoms with van der Waals surface area (Å²) in [7, 11) is 1.33. The molecule has 3 nitrogen and oxygen atoms in total. The first kappa shape index (κ1) is 13.5. The third kappa shape index (κ3) is 3.28. The number of ketones is 1. The summed E-state index contributed by atoms with van der Waals surface area (Å²) in [6, 6.07) is 5.97. The van der Waals surface area contributed by atoms with Crippen LogP contribution in [0.4, 0.5) is 4.39 Å². The number of hydrogen-bond acceptors (Lipinski definition) is 3. The van der Waals surface area contributed by atoms with E-state index >= 15 is 0 Å². The van der Waals surface area contributed by atoms with Gasteiger partial charge >= 0.3 is 5.97 Å². The second-order valence-electron chi connectivity index (χ2n) is 4.61. The van der Waals surface area contributed by atoms with Gasteiger partial charge in [-0.2, -0.15) is 0 Å². The van der Waals surface area contributed by atoms with E-state index in [4.69, 9.17) is 0 Å². The molecule has 1 aliphatic carbocycles. The van der Waals surface area contributed by atoms with Crippen molar-refractivity contribution >= 4 is 17.8 Å². The molecule has 0 heterocycles. The predicted octanol–water partition coefficient (Wildman–Crippen LogP) is 2.75. The molecule has 0 spiro atoms. The fourth-order valence-corrected chi connectivity index (χ4v) is 2.21. The Hall–Kier alpha value is -1.97. The van der Waals surface area contributed by atoms with Gasteiger partial charge in [-0.15, -0.1) is 0 Å². The maximum Gasteiger partial charge on any atom is 0.309 e. The summed E-state index contributed by atoms with van der Waals surface area (Å²) in [5, 5.41) is 0. The summed E-state index contributed by atoms with van der Waals surface area (Å²) >= 11 is 0. The number of rotatable bonds is 2. The van der Waals surface area contributed by atoms with Crippen molar-refractivity contribution in [2.75, 3.05) is 7.11 Å². The molecular formula is C15H15FO3. The van der Waals surface area contributed by atoms with Crippen molar-refractivity contribution in [3.05, 3.63) is 41.2 Å². The normalized spacial score (nSPS) is 21.5. The average molecular weight is 262 g/mol. The highest BCUT2D eigenvalue weighted by Gasteiger charge is 2.29. The molecule has 4 heteroatoms. The first-order valence-electron chi connectivity index (χ1n) is 6.17. The van der Waals surface area contributed by atoms with Crippen LogP contribution in [0.5, 0.6) is 0 Å². The summed E-state index contributed by atoms with van der Waals surface area (Å²) in [6.45, 7) is 0. The zero-order valence-electron chi connectivity index (χ0n) is 10.7. The van der Waals surface area contributed by atoms with Crippen LogP contribution < -0.4 is 0 Å². The smallest absolute Gasteiger partial charge is 0.309 e. The summed E-state index contributed by atoms with van der Waals surface area (Å²) in [6.07, 6.45) is 3.12. The first-order valence-corrected chi connectivity index (χ1v) is 6.17. The minimum absolute atomic E-state index is 0.0361. The van der Waals surface area contributed by atoms with E-state index in [2.05, 4.69) is 4.74 Å². The van der Waals surface area contributed by atoms with Gasteiger partial charge in [0, 0.05) is 6.42 Å². The maximum atomic E-state index is 12.8. The molecule has 0 radical (unpaired) electrons. The summed E-state index contributed by atoms with van der Waals surface area (Å²) in [5.41, 5.74) is 1.48. The Balaban J connectivity index is 2.09. The minimum Gasteiger partial charge on any atom is -0.469 e. The number of allylic oxidation sites excluding steroid dienone is 1. The number of carbonyl (C=O) groups is 2. The van der Waals surface area contributed by atoms with Crippen LogP contribution in [-0.4, -0.2) is 18.9 Å². The maximum absolute atomic E-state index is 12.8. The van der Waals surface area contributed by atoms with Gasteiger partial charge in [-0.05, 0) is 42.2 Å². The fourth-order valence-electron chi connectivity index (χ4n) is 2.21.